The fourth-order valence-electron chi connectivity index (χ4n) is 2.03. The van der Waals surface area contributed by atoms with Crippen LogP contribution in [0.2, 0.25) is 10.0 Å². The molecule has 0 unspecified atom stereocenters. The van der Waals surface area contributed by atoms with E-state index in [1.807, 2.05) is 18.2 Å². The first kappa shape index (κ1) is 17.1. The van der Waals surface area contributed by atoms with Crippen molar-refractivity contribution in [1.82, 2.24) is 0 Å². The number of nitrogens with zero attached hydrogens (tertiary/aromatic N) is 1. The number of halogens is 2. The van der Waals surface area contributed by atoms with Gasteiger partial charge in [0.05, 0.1) is 28.8 Å². The first-order valence-electron chi connectivity index (χ1n) is 6.79. The van der Waals surface area contributed by atoms with Gasteiger partial charge in [0.25, 0.3) is 0 Å². The molecular weight excluding hydrogens is 337 g/mol. The Kier molecular flexibility index (Phi) is 5.84. The van der Waals surface area contributed by atoms with Gasteiger partial charge in [-0.2, -0.15) is 0 Å². The summed E-state index contributed by atoms with van der Waals surface area (Å²) in [6, 6.07) is 14.0. The zero-order valence-electron chi connectivity index (χ0n) is 12.1. The third-order valence-corrected chi connectivity index (χ3v) is 3.85. The van der Waals surface area contributed by atoms with Gasteiger partial charge < -0.3 is 16.0 Å². The van der Waals surface area contributed by atoms with Crippen molar-refractivity contribution in [2.24, 2.45) is 5.73 Å². The van der Waals surface area contributed by atoms with Crippen LogP contribution in [0.4, 0.5) is 11.4 Å². The molecule has 0 heterocycles. The maximum atomic E-state index is 12.2. The number of rotatable bonds is 6. The quantitative estimate of drug-likeness (QED) is 0.839. The number of para-hydroxylation sites is 1. The first-order chi connectivity index (χ1) is 11.0. The highest BCUT2D eigenvalue weighted by atomic mass is 35.5. The van der Waals surface area contributed by atoms with E-state index in [1.165, 1.54) is 0 Å². The molecule has 0 saturated carbocycles. The van der Waals surface area contributed by atoms with Gasteiger partial charge in [0.2, 0.25) is 11.8 Å². The molecule has 23 heavy (non-hydrogen) atoms. The Morgan fingerprint density at radius 3 is 2.35 bits per heavy atom. The molecule has 0 aliphatic heterocycles. The number of carbonyl (C=O) groups excluding carboxylic acids is 2. The van der Waals surface area contributed by atoms with Crippen molar-refractivity contribution in [3.8, 4) is 0 Å². The Balaban J connectivity index is 2.11. The predicted molar refractivity (Wildman–Crippen MR) is 92.9 cm³/mol. The second-order valence-corrected chi connectivity index (χ2v) is 5.59. The second kappa shape index (κ2) is 7.85. The Morgan fingerprint density at radius 1 is 1.00 bits per heavy atom. The topological polar surface area (TPSA) is 75.4 Å². The molecule has 0 aliphatic carbocycles. The van der Waals surface area contributed by atoms with Gasteiger partial charge in [-0.15, -0.1) is 0 Å². The van der Waals surface area contributed by atoms with Gasteiger partial charge in [0, 0.05) is 5.69 Å². The summed E-state index contributed by atoms with van der Waals surface area (Å²) >= 11 is 12.0. The molecule has 0 aliphatic rings. The average Bonchev–Trinajstić information content (AvgIpc) is 2.51. The number of anilines is 2. The molecule has 2 aromatic carbocycles. The van der Waals surface area contributed by atoms with Crippen LogP contribution in [0.25, 0.3) is 0 Å². The maximum Gasteiger partial charge on any atom is 0.243 e. The van der Waals surface area contributed by atoms with E-state index in [0.29, 0.717) is 10.7 Å². The molecule has 0 radical (unpaired) electrons. The number of amides is 2. The number of hydrogen-bond acceptors (Lipinski definition) is 3. The highest BCUT2D eigenvalue weighted by Gasteiger charge is 2.15. The molecule has 3 N–H and O–H groups in total. The van der Waals surface area contributed by atoms with Crippen molar-refractivity contribution < 1.29 is 9.59 Å². The van der Waals surface area contributed by atoms with Gasteiger partial charge in [-0.1, -0.05) is 47.5 Å². The van der Waals surface area contributed by atoms with Crippen molar-refractivity contribution in [2.75, 3.05) is 23.3 Å². The van der Waals surface area contributed by atoms with Crippen molar-refractivity contribution in [2.45, 2.75) is 0 Å². The summed E-state index contributed by atoms with van der Waals surface area (Å²) in [4.78, 5) is 25.0. The molecule has 120 valence electrons. The van der Waals surface area contributed by atoms with E-state index < -0.39 is 5.91 Å². The Bertz CT molecular complexity index is 708. The minimum Gasteiger partial charge on any atom is -0.368 e. The monoisotopic (exact) mass is 351 g/mol. The van der Waals surface area contributed by atoms with Crippen LogP contribution < -0.4 is 16.0 Å². The number of benzene rings is 2. The normalized spacial score (nSPS) is 10.2. The van der Waals surface area contributed by atoms with Crippen LogP contribution in [-0.2, 0) is 9.59 Å². The molecule has 5 nitrogen and oxygen atoms in total. The fourth-order valence-corrected chi connectivity index (χ4v) is 2.38. The van der Waals surface area contributed by atoms with E-state index in [4.69, 9.17) is 28.9 Å². The van der Waals surface area contributed by atoms with Crippen LogP contribution in [0.1, 0.15) is 0 Å². The van der Waals surface area contributed by atoms with Crippen molar-refractivity contribution in [3.63, 3.8) is 0 Å². The smallest absolute Gasteiger partial charge is 0.243 e. The largest absolute Gasteiger partial charge is 0.368 e. The SMILES string of the molecule is NC(=O)CN(CC(=O)Nc1cccc(Cl)c1Cl)c1ccccc1. The number of hydrogen-bond donors (Lipinski definition) is 2. The molecule has 2 amide bonds. The third-order valence-electron chi connectivity index (χ3n) is 3.03. The predicted octanol–water partition coefficient (Wildman–Crippen LogP) is 2.92. The van der Waals surface area contributed by atoms with Crippen molar-refractivity contribution in [1.29, 1.82) is 0 Å². The number of nitrogens with one attached hydrogen (secondary N) is 1. The number of carbonyl (C=O) groups is 2. The van der Waals surface area contributed by atoms with Gasteiger partial charge >= 0.3 is 0 Å². The van der Waals surface area contributed by atoms with Crippen LogP contribution >= 0.6 is 23.2 Å². The molecule has 2 aromatic rings. The highest BCUT2D eigenvalue weighted by molar-refractivity contribution is 6.44. The average molecular weight is 352 g/mol. The summed E-state index contributed by atoms with van der Waals surface area (Å²) in [5.74, 6) is -0.860. The Labute approximate surface area is 144 Å². The number of nitrogens with two attached hydrogens (primary N) is 1. The van der Waals surface area contributed by atoms with Gasteiger partial charge in [-0.3, -0.25) is 9.59 Å². The molecule has 0 bridgehead atoms. The zero-order chi connectivity index (χ0) is 16.8. The Morgan fingerprint density at radius 2 is 1.70 bits per heavy atom. The summed E-state index contributed by atoms with van der Waals surface area (Å²) in [6.07, 6.45) is 0. The van der Waals surface area contributed by atoms with Gasteiger partial charge in [-0.25, -0.2) is 0 Å². The molecule has 0 fully saturated rings. The minimum absolute atomic E-state index is 0.0458. The summed E-state index contributed by atoms with van der Waals surface area (Å²) in [6.45, 7) is -0.115. The second-order valence-electron chi connectivity index (χ2n) is 4.81. The lowest BCUT2D eigenvalue weighted by Gasteiger charge is -2.22. The lowest BCUT2D eigenvalue weighted by Crippen LogP contribution is -2.39. The van der Waals surface area contributed by atoms with Crippen LogP contribution in [0.5, 0.6) is 0 Å². The molecule has 0 atom stereocenters. The van der Waals surface area contributed by atoms with Crippen molar-refractivity contribution in [3.05, 3.63) is 58.6 Å². The summed E-state index contributed by atoms with van der Waals surface area (Å²) in [7, 11) is 0. The standard InChI is InChI=1S/C16H15Cl2N3O2/c17-12-7-4-8-13(16(12)18)20-15(23)10-21(9-14(19)22)11-5-2-1-3-6-11/h1-8H,9-10H2,(H2,19,22)(H,20,23). The van der Waals surface area contributed by atoms with E-state index in [1.54, 1.807) is 35.2 Å². The maximum absolute atomic E-state index is 12.2. The van der Waals surface area contributed by atoms with E-state index in [2.05, 4.69) is 5.32 Å². The van der Waals surface area contributed by atoms with E-state index in [9.17, 15) is 9.59 Å². The van der Waals surface area contributed by atoms with Crippen LogP contribution in [0.3, 0.4) is 0 Å². The van der Waals surface area contributed by atoms with E-state index in [-0.39, 0.29) is 24.0 Å². The van der Waals surface area contributed by atoms with Crippen LogP contribution in [-0.4, -0.2) is 24.9 Å². The molecule has 0 saturated heterocycles. The van der Waals surface area contributed by atoms with Gasteiger partial charge in [-0.05, 0) is 24.3 Å². The molecular formula is C16H15Cl2N3O2. The molecule has 7 heteroatoms. The van der Waals surface area contributed by atoms with Gasteiger partial charge in [0.15, 0.2) is 0 Å². The summed E-state index contributed by atoms with van der Waals surface area (Å²) < 4.78 is 0. The van der Waals surface area contributed by atoms with Crippen LogP contribution in [0, 0.1) is 0 Å². The first-order valence-corrected chi connectivity index (χ1v) is 7.55. The molecule has 0 aromatic heterocycles. The van der Waals surface area contributed by atoms with Crippen molar-refractivity contribution >= 4 is 46.4 Å². The van der Waals surface area contributed by atoms with E-state index in [0.717, 1.165) is 5.69 Å². The highest BCUT2D eigenvalue weighted by Crippen LogP contribution is 2.29. The van der Waals surface area contributed by atoms with Gasteiger partial charge in [0.1, 0.15) is 0 Å². The lowest BCUT2D eigenvalue weighted by atomic mass is 10.2. The molecule has 2 rings (SSSR count). The number of primary amides is 1. The third kappa shape index (κ3) is 4.87. The van der Waals surface area contributed by atoms with E-state index >= 15 is 0 Å². The molecule has 0 spiro atoms. The minimum atomic E-state index is -0.526. The zero-order valence-corrected chi connectivity index (χ0v) is 13.6. The Hall–Kier alpha value is -2.24. The fraction of sp³-hybridized carbons (Fsp3) is 0.125. The summed E-state index contributed by atoms with van der Waals surface area (Å²) in [5, 5.41) is 3.29. The van der Waals surface area contributed by atoms with Crippen LogP contribution in [0.15, 0.2) is 48.5 Å². The lowest BCUT2D eigenvalue weighted by molar-refractivity contribution is -0.116. The summed E-state index contributed by atoms with van der Waals surface area (Å²) in [5.41, 5.74) is 6.39.